The van der Waals surface area contributed by atoms with Gasteiger partial charge in [-0.2, -0.15) is 0 Å². The summed E-state index contributed by atoms with van der Waals surface area (Å²) in [5, 5.41) is 0. The molecule has 1 saturated heterocycles. The second kappa shape index (κ2) is 6.21. The fraction of sp³-hybridized carbons (Fsp3) is 0.917. The van der Waals surface area contributed by atoms with Gasteiger partial charge < -0.3 is 15.4 Å². The summed E-state index contributed by atoms with van der Waals surface area (Å²) in [5.74, 6) is 0.916. The minimum absolute atomic E-state index is 0.103. The minimum atomic E-state index is -0.348. The molecule has 0 aliphatic carbocycles. The molecule has 4 nitrogen and oxygen atoms in total. The Morgan fingerprint density at radius 3 is 2.44 bits per heavy atom. The molecule has 94 valence electrons. The van der Waals surface area contributed by atoms with Gasteiger partial charge in [-0.15, -0.1) is 0 Å². The molecule has 0 aromatic heterocycles. The first-order valence-electron chi connectivity index (χ1n) is 6.09. The Morgan fingerprint density at radius 2 is 2.00 bits per heavy atom. The summed E-state index contributed by atoms with van der Waals surface area (Å²) in [6, 6.07) is -0.348. The van der Waals surface area contributed by atoms with Crippen LogP contribution in [0, 0.1) is 11.8 Å². The number of likely N-dealkylation sites (tertiary alicyclic amines) is 1. The van der Waals surface area contributed by atoms with Crippen LogP contribution in [0.3, 0.4) is 0 Å². The second-order valence-electron chi connectivity index (χ2n) is 4.99. The third kappa shape index (κ3) is 3.46. The number of ether oxygens (including phenoxy) is 1. The summed E-state index contributed by atoms with van der Waals surface area (Å²) >= 11 is 0. The number of nitrogens with two attached hydrogens (primary N) is 1. The van der Waals surface area contributed by atoms with Crippen LogP contribution in [0.15, 0.2) is 0 Å². The Kier molecular flexibility index (Phi) is 5.22. The van der Waals surface area contributed by atoms with Crippen molar-refractivity contribution >= 4 is 5.91 Å². The number of nitrogens with zero attached hydrogens (tertiary/aromatic N) is 1. The molecule has 0 saturated carbocycles. The van der Waals surface area contributed by atoms with E-state index >= 15 is 0 Å². The predicted octanol–water partition coefficient (Wildman–Crippen LogP) is 0.855. The zero-order valence-electron chi connectivity index (χ0n) is 10.6. The van der Waals surface area contributed by atoms with Gasteiger partial charge in [-0.1, -0.05) is 13.8 Å². The van der Waals surface area contributed by atoms with Crippen molar-refractivity contribution in [2.24, 2.45) is 17.6 Å². The third-order valence-electron chi connectivity index (χ3n) is 3.33. The molecule has 1 amide bonds. The third-order valence-corrected chi connectivity index (χ3v) is 3.33. The van der Waals surface area contributed by atoms with Gasteiger partial charge in [0, 0.05) is 26.8 Å². The van der Waals surface area contributed by atoms with Crippen LogP contribution in [0.2, 0.25) is 0 Å². The number of hydrogen-bond acceptors (Lipinski definition) is 3. The van der Waals surface area contributed by atoms with Crippen molar-refractivity contribution in [1.82, 2.24) is 4.90 Å². The lowest BCUT2D eigenvalue weighted by Gasteiger charge is -2.34. The minimum Gasteiger partial charge on any atom is -0.384 e. The van der Waals surface area contributed by atoms with Crippen molar-refractivity contribution in [1.29, 1.82) is 0 Å². The standard InChI is InChI=1S/C12H24N2O2/c1-9(2)11(13)12(15)14-6-4-10(5-7-14)8-16-3/h9-11H,4-8,13H2,1-3H3/t11-/m1/s1. The molecule has 1 aliphatic rings. The Hall–Kier alpha value is -0.610. The maximum atomic E-state index is 12.0. The molecule has 1 heterocycles. The van der Waals surface area contributed by atoms with Crippen LogP contribution < -0.4 is 5.73 Å². The number of piperidine rings is 1. The van der Waals surface area contributed by atoms with Gasteiger partial charge >= 0.3 is 0 Å². The van der Waals surface area contributed by atoms with Crippen LogP contribution in [-0.4, -0.2) is 43.7 Å². The van der Waals surface area contributed by atoms with Gasteiger partial charge in [0.1, 0.15) is 0 Å². The van der Waals surface area contributed by atoms with Crippen molar-refractivity contribution < 1.29 is 9.53 Å². The topological polar surface area (TPSA) is 55.6 Å². The first-order chi connectivity index (χ1) is 7.56. The van der Waals surface area contributed by atoms with Crippen LogP contribution >= 0.6 is 0 Å². The van der Waals surface area contributed by atoms with E-state index in [2.05, 4.69) is 0 Å². The lowest BCUT2D eigenvalue weighted by atomic mass is 9.96. The monoisotopic (exact) mass is 228 g/mol. The molecular formula is C12H24N2O2. The predicted molar refractivity (Wildman–Crippen MR) is 64.0 cm³/mol. The van der Waals surface area contributed by atoms with Gasteiger partial charge in [-0.05, 0) is 24.7 Å². The van der Waals surface area contributed by atoms with E-state index in [1.165, 1.54) is 0 Å². The highest BCUT2D eigenvalue weighted by Gasteiger charge is 2.27. The molecule has 16 heavy (non-hydrogen) atoms. The Morgan fingerprint density at radius 1 is 1.44 bits per heavy atom. The molecule has 1 aliphatic heterocycles. The zero-order chi connectivity index (χ0) is 12.1. The van der Waals surface area contributed by atoms with E-state index in [4.69, 9.17) is 10.5 Å². The van der Waals surface area contributed by atoms with Gasteiger partial charge in [0.05, 0.1) is 6.04 Å². The molecule has 1 atom stereocenters. The lowest BCUT2D eigenvalue weighted by molar-refractivity contribution is -0.135. The van der Waals surface area contributed by atoms with Gasteiger partial charge in [-0.3, -0.25) is 4.79 Å². The number of amides is 1. The SMILES string of the molecule is COCC1CCN(C(=O)[C@H](N)C(C)C)CC1. The molecular weight excluding hydrogens is 204 g/mol. The molecule has 0 radical (unpaired) electrons. The fourth-order valence-electron chi connectivity index (χ4n) is 2.05. The fourth-order valence-corrected chi connectivity index (χ4v) is 2.05. The number of rotatable bonds is 4. The van der Waals surface area contributed by atoms with Gasteiger partial charge in [0.25, 0.3) is 0 Å². The Labute approximate surface area is 98.1 Å². The normalized spacial score (nSPS) is 20.2. The average molecular weight is 228 g/mol. The summed E-state index contributed by atoms with van der Waals surface area (Å²) in [7, 11) is 1.73. The van der Waals surface area contributed by atoms with Crippen LogP contribution in [0.4, 0.5) is 0 Å². The van der Waals surface area contributed by atoms with Crippen LogP contribution in [0.5, 0.6) is 0 Å². The van der Waals surface area contributed by atoms with E-state index < -0.39 is 0 Å². The highest BCUT2D eigenvalue weighted by molar-refractivity contribution is 5.81. The van der Waals surface area contributed by atoms with E-state index in [9.17, 15) is 4.79 Å². The van der Waals surface area contributed by atoms with E-state index in [1.54, 1.807) is 7.11 Å². The first-order valence-corrected chi connectivity index (χ1v) is 6.09. The van der Waals surface area contributed by atoms with Crippen molar-refractivity contribution in [2.45, 2.75) is 32.7 Å². The van der Waals surface area contributed by atoms with Gasteiger partial charge in [0.15, 0.2) is 0 Å². The summed E-state index contributed by atoms with van der Waals surface area (Å²) in [4.78, 5) is 13.9. The number of hydrogen-bond donors (Lipinski definition) is 1. The van der Waals surface area contributed by atoms with Crippen LogP contribution in [0.1, 0.15) is 26.7 Å². The van der Waals surface area contributed by atoms with Crippen LogP contribution in [-0.2, 0) is 9.53 Å². The second-order valence-corrected chi connectivity index (χ2v) is 4.99. The Balaban J connectivity index is 2.38. The summed E-state index contributed by atoms with van der Waals surface area (Å²) in [6.07, 6.45) is 2.06. The number of carbonyl (C=O) groups excluding carboxylic acids is 1. The summed E-state index contributed by atoms with van der Waals surface area (Å²) in [6.45, 7) is 6.43. The van der Waals surface area contributed by atoms with Crippen LogP contribution in [0.25, 0.3) is 0 Å². The number of carbonyl (C=O) groups is 1. The zero-order valence-corrected chi connectivity index (χ0v) is 10.6. The van der Waals surface area contributed by atoms with Gasteiger partial charge in [-0.25, -0.2) is 0 Å². The van der Waals surface area contributed by atoms with Crippen molar-refractivity contribution in [3.63, 3.8) is 0 Å². The molecule has 0 aromatic carbocycles. The Bertz CT molecular complexity index is 223. The van der Waals surface area contributed by atoms with Crippen molar-refractivity contribution in [3.8, 4) is 0 Å². The average Bonchev–Trinajstić information content (AvgIpc) is 2.28. The highest BCUT2D eigenvalue weighted by atomic mass is 16.5. The summed E-state index contributed by atoms with van der Waals surface area (Å²) in [5.41, 5.74) is 5.87. The maximum absolute atomic E-state index is 12.0. The van der Waals surface area contributed by atoms with Crippen molar-refractivity contribution in [3.05, 3.63) is 0 Å². The van der Waals surface area contributed by atoms with E-state index in [0.29, 0.717) is 5.92 Å². The highest BCUT2D eigenvalue weighted by Crippen LogP contribution is 2.18. The maximum Gasteiger partial charge on any atom is 0.239 e. The molecule has 4 heteroatoms. The largest absolute Gasteiger partial charge is 0.384 e. The van der Waals surface area contributed by atoms with Gasteiger partial charge in [0.2, 0.25) is 5.91 Å². The van der Waals surface area contributed by atoms with E-state index in [1.807, 2.05) is 18.7 Å². The van der Waals surface area contributed by atoms with E-state index in [-0.39, 0.29) is 17.9 Å². The molecule has 2 N–H and O–H groups in total. The molecule has 1 rings (SSSR count). The quantitative estimate of drug-likeness (QED) is 0.776. The molecule has 0 spiro atoms. The van der Waals surface area contributed by atoms with Crippen molar-refractivity contribution in [2.75, 3.05) is 26.8 Å². The molecule has 0 unspecified atom stereocenters. The smallest absolute Gasteiger partial charge is 0.239 e. The molecule has 0 bridgehead atoms. The lowest BCUT2D eigenvalue weighted by Crippen LogP contribution is -2.49. The molecule has 1 fully saturated rings. The first kappa shape index (κ1) is 13.5. The molecule has 0 aromatic rings. The van der Waals surface area contributed by atoms with E-state index in [0.717, 1.165) is 32.5 Å². The summed E-state index contributed by atoms with van der Waals surface area (Å²) < 4.78 is 5.13. The number of methoxy groups -OCH3 is 1.